The normalized spacial score (nSPS) is 10.9. The number of hydrogen-bond donors (Lipinski definition) is 0. The predicted molar refractivity (Wildman–Crippen MR) is 98.8 cm³/mol. The van der Waals surface area contributed by atoms with Crippen molar-refractivity contribution in [2.75, 3.05) is 7.11 Å². The molecule has 2 aromatic heterocycles. The molecule has 4 rings (SSSR count). The van der Waals surface area contributed by atoms with Crippen molar-refractivity contribution in [1.82, 2.24) is 19.6 Å². The van der Waals surface area contributed by atoms with Crippen LogP contribution in [0.25, 0.3) is 17.0 Å². The zero-order valence-corrected chi connectivity index (χ0v) is 14.5. The molecule has 0 aliphatic carbocycles. The fourth-order valence-electron chi connectivity index (χ4n) is 2.62. The van der Waals surface area contributed by atoms with Crippen LogP contribution in [0, 0.1) is 0 Å². The van der Waals surface area contributed by atoms with Gasteiger partial charge in [-0.3, -0.25) is 0 Å². The van der Waals surface area contributed by atoms with E-state index in [-0.39, 0.29) is 0 Å². The molecule has 0 saturated heterocycles. The molecule has 0 spiro atoms. The van der Waals surface area contributed by atoms with Crippen molar-refractivity contribution in [3.63, 3.8) is 0 Å². The average molecular weight is 348 g/mol. The number of nitrogens with zero attached hydrogens (tertiary/aromatic N) is 4. The highest BCUT2D eigenvalue weighted by Crippen LogP contribution is 2.30. The molecule has 0 unspecified atom stereocenters. The minimum Gasteiger partial charge on any atom is -0.496 e. The molecule has 2 aromatic carbocycles. The minimum atomic E-state index is 0.582. The van der Waals surface area contributed by atoms with Gasteiger partial charge in [-0.15, -0.1) is 5.10 Å². The Balaban J connectivity index is 1.69. The van der Waals surface area contributed by atoms with Gasteiger partial charge in [0, 0.05) is 17.5 Å². The molecule has 25 heavy (non-hydrogen) atoms. The van der Waals surface area contributed by atoms with Gasteiger partial charge in [0.15, 0.2) is 0 Å². The van der Waals surface area contributed by atoms with Gasteiger partial charge in [0.25, 0.3) is 5.78 Å². The Morgan fingerprint density at radius 1 is 1.00 bits per heavy atom. The monoisotopic (exact) mass is 348 g/mol. The predicted octanol–water partition coefficient (Wildman–Crippen LogP) is 4.09. The molecule has 0 radical (unpaired) electrons. The second-order valence-electron chi connectivity index (χ2n) is 5.41. The Bertz CT molecular complexity index is 1000. The largest absolute Gasteiger partial charge is 0.496 e. The number of benzene rings is 2. The Kier molecular flexibility index (Phi) is 4.35. The lowest BCUT2D eigenvalue weighted by molar-refractivity contribution is 0.416. The van der Waals surface area contributed by atoms with Crippen LogP contribution in [0.3, 0.4) is 0 Å². The van der Waals surface area contributed by atoms with E-state index in [0.717, 1.165) is 22.8 Å². The SMILES string of the molecule is COc1ccccc1-c1ccnc2nc(SCc3ccccc3)nn12. The maximum Gasteiger partial charge on any atom is 0.253 e. The lowest BCUT2D eigenvalue weighted by Crippen LogP contribution is -1.97. The third-order valence-corrected chi connectivity index (χ3v) is 4.72. The Morgan fingerprint density at radius 2 is 1.80 bits per heavy atom. The van der Waals surface area contributed by atoms with E-state index in [1.807, 2.05) is 48.5 Å². The van der Waals surface area contributed by atoms with Gasteiger partial charge in [-0.25, -0.2) is 4.98 Å². The molecule has 2 heterocycles. The molecule has 124 valence electrons. The molecule has 0 saturated carbocycles. The van der Waals surface area contributed by atoms with Gasteiger partial charge in [-0.05, 0) is 23.8 Å². The van der Waals surface area contributed by atoms with Gasteiger partial charge in [0.2, 0.25) is 5.16 Å². The van der Waals surface area contributed by atoms with Gasteiger partial charge in [0.05, 0.1) is 12.8 Å². The van der Waals surface area contributed by atoms with E-state index >= 15 is 0 Å². The summed E-state index contributed by atoms with van der Waals surface area (Å²) >= 11 is 1.60. The molecular weight excluding hydrogens is 332 g/mol. The van der Waals surface area contributed by atoms with Crippen LogP contribution in [-0.4, -0.2) is 26.7 Å². The smallest absolute Gasteiger partial charge is 0.253 e. The molecule has 4 aromatic rings. The first-order chi connectivity index (χ1) is 12.3. The lowest BCUT2D eigenvalue weighted by Gasteiger charge is -2.08. The van der Waals surface area contributed by atoms with E-state index in [4.69, 9.17) is 4.74 Å². The van der Waals surface area contributed by atoms with Gasteiger partial charge >= 0.3 is 0 Å². The van der Waals surface area contributed by atoms with Gasteiger partial charge in [-0.1, -0.05) is 54.2 Å². The zero-order valence-electron chi connectivity index (χ0n) is 13.7. The number of hydrogen-bond acceptors (Lipinski definition) is 5. The molecule has 0 fully saturated rings. The maximum atomic E-state index is 5.47. The van der Waals surface area contributed by atoms with Crippen LogP contribution >= 0.6 is 11.8 Å². The van der Waals surface area contributed by atoms with Crippen LogP contribution in [0.15, 0.2) is 72.0 Å². The number of aromatic nitrogens is 4. The maximum absolute atomic E-state index is 5.47. The number of para-hydroxylation sites is 1. The van der Waals surface area contributed by atoms with E-state index in [1.54, 1.807) is 29.6 Å². The summed E-state index contributed by atoms with van der Waals surface area (Å²) in [6.45, 7) is 0. The highest BCUT2D eigenvalue weighted by atomic mass is 32.2. The number of fused-ring (bicyclic) bond motifs is 1. The summed E-state index contributed by atoms with van der Waals surface area (Å²) in [5.41, 5.74) is 3.10. The third-order valence-electron chi connectivity index (χ3n) is 3.81. The van der Waals surface area contributed by atoms with Crippen molar-refractivity contribution < 1.29 is 4.74 Å². The number of thioether (sulfide) groups is 1. The van der Waals surface area contributed by atoms with Crippen LogP contribution in [0.2, 0.25) is 0 Å². The standard InChI is InChI=1S/C19H16N4OS/c1-24-17-10-6-5-9-15(17)16-11-12-20-18-21-19(22-23(16)18)25-13-14-7-3-2-4-8-14/h2-12H,13H2,1H3. The molecule has 6 heteroatoms. The molecule has 0 amide bonds. The highest BCUT2D eigenvalue weighted by Gasteiger charge is 2.13. The zero-order chi connectivity index (χ0) is 17.1. The number of ether oxygens (including phenoxy) is 1. The minimum absolute atomic E-state index is 0.582. The van der Waals surface area contributed by atoms with Crippen LogP contribution in [0.5, 0.6) is 5.75 Å². The average Bonchev–Trinajstić information content (AvgIpc) is 3.10. The first kappa shape index (κ1) is 15.7. The van der Waals surface area contributed by atoms with E-state index in [1.165, 1.54) is 5.56 Å². The van der Waals surface area contributed by atoms with Crippen molar-refractivity contribution in [3.8, 4) is 17.0 Å². The van der Waals surface area contributed by atoms with Crippen LogP contribution in [-0.2, 0) is 5.75 Å². The van der Waals surface area contributed by atoms with E-state index in [9.17, 15) is 0 Å². The fraction of sp³-hybridized carbons (Fsp3) is 0.105. The van der Waals surface area contributed by atoms with Crippen LogP contribution < -0.4 is 4.74 Å². The van der Waals surface area contributed by atoms with Gasteiger partial charge in [-0.2, -0.15) is 9.50 Å². The summed E-state index contributed by atoms with van der Waals surface area (Å²) in [7, 11) is 1.67. The molecule has 0 N–H and O–H groups in total. The quantitative estimate of drug-likeness (QED) is 0.508. The van der Waals surface area contributed by atoms with Gasteiger partial charge < -0.3 is 4.74 Å². The van der Waals surface area contributed by atoms with E-state index in [0.29, 0.717) is 10.9 Å². The summed E-state index contributed by atoms with van der Waals surface area (Å²) in [5, 5.41) is 5.34. The van der Waals surface area contributed by atoms with Crippen molar-refractivity contribution in [2.45, 2.75) is 10.9 Å². The summed E-state index contributed by atoms with van der Waals surface area (Å²) in [6, 6.07) is 20.1. The fourth-order valence-corrected chi connectivity index (χ4v) is 3.39. The second kappa shape index (κ2) is 6.94. The summed E-state index contributed by atoms with van der Waals surface area (Å²) < 4.78 is 7.24. The van der Waals surface area contributed by atoms with Crippen molar-refractivity contribution in [1.29, 1.82) is 0 Å². The van der Waals surface area contributed by atoms with Crippen molar-refractivity contribution >= 4 is 17.5 Å². The first-order valence-corrected chi connectivity index (χ1v) is 8.85. The molecular formula is C19H16N4OS. The topological polar surface area (TPSA) is 52.3 Å². The first-order valence-electron chi connectivity index (χ1n) is 7.87. The summed E-state index contributed by atoms with van der Waals surface area (Å²) in [5.74, 6) is 2.20. The van der Waals surface area contributed by atoms with Crippen molar-refractivity contribution in [2.24, 2.45) is 0 Å². The lowest BCUT2D eigenvalue weighted by atomic mass is 10.1. The third kappa shape index (κ3) is 3.21. The van der Waals surface area contributed by atoms with Crippen molar-refractivity contribution in [3.05, 3.63) is 72.4 Å². The van der Waals surface area contributed by atoms with Crippen LogP contribution in [0.4, 0.5) is 0 Å². The summed E-state index contributed by atoms with van der Waals surface area (Å²) in [6.07, 6.45) is 1.75. The van der Waals surface area contributed by atoms with Crippen LogP contribution in [0.1, 0.15) is 5.56 Å². The molecule has 0 bridgehead atoms. The van der Waals surface area contributed by atoms with E-state index < -0.39 is 0 Å². The molecule has 0 aliphatic rings. The van der Waals surface area contributed by atoms with E-state index in [2.05, 4.69) is 27.2 Å². The Hall–Kier alpha value is -2.86. The summed E-state index contributed by atoms with van der Waals surface area (Å²) in [4.78, 5) is 8.87. The van der Waals surface area contributed by atoms with Gasteiger partial charge in [0.1, 0.15) is 5.75 Å². The second-order valence-corrected chi connectivity index (χ2v) is 6.35. The number of methoxy groups -OCH3 is 1. The number of rotatable bonds is 5. The molecule has 0 atom stereocenters. The molecule has 5 nitrogen and oxygen atoms in total. The highest BCUT2D eigenvalue weighted by molar-refractivity contribution is 7.98. The Labute approximate surface area is 149 Å². The Morgan fingerprint density at radius 3 is 2.64 bits per heavy atom. The molecule has 0 aliphatic heterocycles.